The van der Waals surface area contributed by atoms with Crippen LogP contribution in [0, 0.1) is 11.7 Å². The summed E-state index contributed by atoms with van der Waals surface area (Å²) in [4.78, 5) is 22.8. The van der Waals surface area contributed by atoms with Gasteiger partial charge in [0.1, 0.15) is 12.4 Å². The first-order valence-corrected chi connectivity index (χ1v) is 8.85. The molecule has 0 aromatic heterocycles. The van der Waals surface area contributed by atoms with Gasteiger partial charge >= 0.3 is 5.97 Å². The summed E-state index contributed by atoms with van der Waals surface area (Å²) in [6, 6.07) is 12.0. The van der Waals surface area contributed by atoms with Crippen LogP contribution in [0.4, 0.5) is 10.1 Å². The number of benzene rings is 2. The van der Waals surface area contributed by atoms with Gasteiger partial charge in [0.15, 0.2) is 0 Å². The number of amides is 1. The molecule has 138 valence electrons. The third kappa shape index (κ3) is 3.30. The molecular weight excluding hydrogens is 347 g/mol. The van der Waals surface area contributed by atoms with Gasteiger partial charge in [-0.25, -0.2) is 4.39 Å². The molecule has 0 fully saturated rings. The first-order valence-electron chi connectivity index (χ1n) is 8.85. The highest BCUT2D eigenvalue weighted by Gasteiger charge is 2.38. The Kier molecular flexibility index (Phi) is 4.39. The standard InChI is InChI=1S/C21H19FN2O3/c22-14-7-4-12(5-8-14)20-16-3-1-2-15(16)17-10-13(6-9-18(17)24-20)21(27)23-11-19(25)26/h1-2,4-10,15-16,20,24H,3,11H2,(H,23,27)(H,25,26)/t15-,16-,20+/m0/s1. The lowest BCUT2D eigenvalue weighted by Crippen LogP contribution is -2.31. The normalized spacial score (nSPS) is 22.5. The Morgan fingerprint density at radius 1 is 1.19 bits per heavy atom. The molecule has 4 rings (SSSR count). The van der Waals surface area contributed by atoms with Crippen LogP contribution in [-0.4, -0.2) is 23.5 Å². The Hall–Kier alpha value is -3.15. The van der Waals surface area contributed by atoms with E-state index in [-0.39, 0.29) is 23.7 Å². The number of aliphatic carboxylic acids is 1. The van der Waals surface area contributed by atoms with Crippen LogP contribution in [0.1, 0.15) is 39.9 Å². The summed E-state index contributed by atoms with van der Waals surface area (Å²) in [5.74, 6) is -1.31. The predicted molar refractivity (Wildman–Crippen MR) is 99.2 cm³/mol. The van der Waals surface area contributed by atoms with Crippen molar-refractivity contribution in [3.63, 3.8) is 0 Å². The molecular formula is C21H19FN2O3. The fourth-order valence-corrected chi connectivity index (χ4v) is 3.99. The topological polar surface area (TPSA) is 78.4 Å². The first-order chi connectivity index (χ1) is 13.0. The fraction of sp³-hybridized carbons (Fsp3) is 0.238. The van der Waals surface area contributed by atoms with Crippen molar-refractivity contribution < 1.29 is 19.1 Å². The lowest BCUT2D eigenvalue weighted by atomic mass is 9.76. The van der Waals surface area contributed by atoms with Gasteiger partial charge < -0.3 is 15.7 Å². The van der Waals surface area contributed by atoms with Crippen molar-refractivity contribution in [2.75, 3.05) is 11.9 Å². The Balaban J connectivity index is 1.64. The van der Waals surface area contributed by atoms with E-state index in [1.807, 2.05) is 12.1 Å². The van der Waals surface area contributed by atoms with Crippen LogP contribution in [0.2, 0.25) is 0 Å². The summed E-state index contributed by atoms with van der Waals surface area (Å²) in [5, 5.41) is 14.6. The van der Waals surface area contributed by atoms with E-state index in [1.165, 1.54) is 12.1 Å². The molecule has 0 bridgehead atoms. The second kappa shape index (κ2) is 6.87. The highest BCUT2D eigenvalue weighted by atomic mass is 19.1. The van der Waals surface area contributed by atoms with Crippen molar-refractivity contribution in [1.29, 1.82) is 0 Å². The maximum atomic E-state index is 13.3. The average Bonchev–Trinajstić information content (AvgIpc) is 3.16. The molecule has 0 saturated heterocycles. The maximum Gasteiger partial charge on any atom is 0.322 e. The van der Waals surface area contributed by atoms with Crippen LogP contribution in [0.3, 0.4) is 0 Å². The van der Waals surface area contributed by atoms with Gasteiger partial charge in [0, 0.05) is 17.2 Å². The van der Waals surface area contributed by atoms with E-state index >= 15 is 0 Å². The highest BCUT2D eigenvalue weighted by Crippen LogP contribution is 2.49. The molecule has 2 aliphatic rings. The second-order valence-electron chi connectivity index (χ2n) is 6.91. The van der Waals surface area contributed by atoms with Gasteiger partial charge in [0.05, 0.1) is 6.04 Å². The Morgan fingerprint density at radius 3 is 2.70 bits per heavy atom. The molecule has 27 heavy (non-hydrogen) atoms. The monoisotopic (exact) mass is 366 g/mol. The molecule has 0 radical (unpaired) electrons. The van der Waals surface area contributed by atoms with Gasteiger partial charge in [-0.05, 0) is 53.8 Å². The minimum atomic E-state index is -1.08. The van der Waals surface area contributed by atoms with Gasteiger partial charge in [-0.1, -0.05) is 24.3 Å². The highest BCUT2D eigenvalue weighted by molar-refractivity contribution is 5.96. The number of hydrogen-bond acceptors (Lipinski definition) is 3. The quantitative estimate of drug-likeness (QED) is 0.724. The van der Waals surface area contributed by atoms with Gasteiger partial charge in [0.25, 0.3) is 5.91 Å². The predicted octanol–water partition coefficient (Wildman–Crippen LogP) is 3.47. The largest absolute Gasteiger partial charge is 0.480 e. The number of allylic oxidation sites excluding steroid dienone is 2. The van der Waals surface area contributed by atoms with E-state index in [2.05, 4.69) is 22.8 Å². The Morgan fingerprint density at radius 2 is 1.96 bits per heavy atom. The number of halogens is 1. The molecule has 2 aromatic rings. The number of anilines is 1. The van der Waals surface area contributed by atoms with Crippen LogP contribution in [-0.2, 0) is 4.79 Å². The number of rotatable bonds is 4. The van der Waals surface area contributed by atoms with Gasteiger partial charge in [-0.3, -0.25) is 9.59 Å². The molecule has 1 amide bonds. The van der Waals surface area contributed by atoms with Gasteiger partial charge in [-0.2, -0.15) is 0 Å². The summed E-state index contributed by atoms with van der Waals surface area (Å²) in [6.45, 7) is -0.410. The first kappa shape index (κ1) is 17.3. The fourth-order valence-electron chi connectivity index (χ4n) is 3.99. The number of carbonyl (C=O) groups excluding carboxylic acids is 1. The molecule has 0 saturated carbocycles. The third-order valence-electron chi connectivity index (χ3n) is 5.25. The van der Waals surface area contributed by atoms with E-state index in [9.17, 15) is 14.0 Å². The summed E-state index contributed by atoms with van der Waals surface area (Å²) in [6.07, 6.45) is 5.19. The number of fused-ring (bicyclic) bond motifs is 3. The molecule has 2 aromatic carbocycles. The van der Waals surface area contributed by atoms with Gasteiger partial charge in [0.2, 0.25) is 0 Å². The second-order valence-corrected chi connectivity index (χ2v) is 6.91. The van der Waals surface area contributed by atoms with E-state index in [4.69, 9.17) is 5.11 Å². The smallest absolute Gasteiger partial charge is 0.322 e. The van der Waals surface area contributed by atoms with Gasteiger partial charge in [-0.15, -0.1) is 0 Å². The number of nitrogens with one attached hydrogen (secondary N) is 2. The number of carboxylic acids is 1. The SMILES string of the molecule is O=C(O)CNC(=O)c1ccc2c(c1)[C@H]1C=CC[C@@H]1[C@@H](c1ccc(F)cc1)N2. The van der Waals surface area contributed by atoms with Crippen molar-refractivity contribution in [3.05, 3.63) is 77.1 Å². The summed E-state index contributed by atoms with van der Waals surface area (Å²) in [7, 11) is 0. The van der Waals surface area contributed by atoms with Crippen LogP contribution in [0.15, 0.2) is 54.6 Å². The molecule has 6 heteroatoms. The minimum absolute atomic E-state index is 0.0600. The minimum Gasteiger partial charge on any atom is -0.480 e. The van der Waals surface area contributed by atoms with Crippen LogP contribution < -0.4 is 10.6 Å². The Labute approximate surface area is 155 Å². The maximum absolute atomic E-state index is 13.3. The van der Waals surface area contributed by atoms with Crippen molar-refractivity contribution in [3.8, 4) is 0 Å². The number of carboxylic acid groups (broad SMARTS) is 1. The van der Waals surface area contributed by atoms with Crippen LogP contribution in [0.5, 0.6) is 0 Å². The number of hydrogen-bond donors (Lipinski definition) is 3. The molecule has 0 unspecified atom stereocenters. The zero-order valence-electron chi connectivity index (χ0n) is 14.5. The van der Waals surface area contributed by atoms with Crippen molar-refractivity contribution in [2.24, 2.45) is 5.92 Å². The molecule has 3 N–H and O–H groups in total. The number of carbonyl (C=O) groups is 2. The Bertz CT molecular complexity index is 924. The molecule has 1 aliphatic carbocycles. The van der Waals surface area contributed by atoms with Crippen molar-refractivity contribution in [1.82, 2.24) is 5.32 Å². The van der Waals surface area contributed by atoms with Crippen LogP contribution >= 0.6 is 0 Å². The molecule has 1 aliphatic heterocycles. The zero-order chi connectivity index (χ0) is 19.0. The summed E-state index contributed by atoms with van der Waals surface area (Å²) < 4.78 is 13.3. The van der Waals surface area contributed by atoms with E-state index in [0.29, 0.717) is 5.56 Å². The van der Waals surface area contributed by atoms with E-state index in [0.717, 1.165) is 23.2 Å². The van der Waals surface area contributed by atoms with Crippen molar-refractivity contribution in [2.45, 2.75) is 18.4 Å². The lowest BCUT2D eigenvalue weighted by Gasteiger charge is -2.37. The average molecular weight is 366 g/mol. The third-order valence-corrected chi connectivity index (χ3v) is 5.25. The van der Waals surface area contributed by atoms with E-state index in [1.54, 1.807) is 18.2 Å². The zero-order valence-corrected chi connectivity index (χ0v) is 14.5. The molecule has 1 heterocycles. The summed E-state index contributed by atoms with van der Waals surface area (Å²) >= 11 is 0. The molecule has 5 nitrogen and oxygen atoms in total. The molecule has 0 spiro atoms. The van der Waals surface area contributed by atoms with E-state index < -0.39 is 18.4 Å². The molecule has 3 atom stereocenters. The lowest BCUT2D eigenvalue weighted by molar-refractivity contribution is -0.135. The van der Waals surface area contributed by atoms with Crippen LogP contribution in [0.25, 0.3) is 0 Å². The van der Waals surface area contributed by atoms with Crippen molar-refractivity contribution >= 4 is 17.6 Å². The summed E-state index contributed by atoms with van der Waals surface area (Å²) in [5.41, 5.74) is 3.43.